The van der Waals surface area contributed by atoms with Gasteiger partial charge in [-0.1, -0.05) is 11.3 Å². The molecule has 0 radical (unpaired) electrons. The maximum Gasteiger partial charge on any atom is 0.226 e. The molecule has 1 aliphatic carbocycles. The van der Waals surface area contributed by atoms with Crippen molar-refractivity contribution >= 4 is 38.3 Å². The zero-order valence-corrected chi connectivity index (χ0v) is 12.6. The highest BCUT2D eigenvalue weighted by Crippen LogP contribution is 2.27. The molecule has 1 aliphatic rings. The number of carbonyl (C=O) groups is 1. The molecule has 1 aromatic heterocycles. The van der Waals surface area contributed by atoms with Gasteiger partial charge in [0, 0.05) is 18.7 Å². The molecule has 1 fully saturated rings. The summed E-state index contributed by atoms with van der Waals surface area (Å²) in [4.78, 5) is 16.2. The van der Waals surface area contributed by atoms with E-state index in [1.165, 1.54) is 30.6 Å². The third kappa shape index (κ3) is 3.71. The second kappa shape index (κ2) is 6.41. The lowest BCUT2D eigenvalue weighted by molar-refractivity contribution is -0.116. The molecule has 0 atom stereocenters. The molecule has 0 spiro atoms. The lowest BCUT2D eigenvalue weighted by atomic mass is 9.96. The van der Waals surface area contributed by atoms with Crippen LogP contribution in [-0.4, -0.2) is 23.6 Å². The minimum absolute atomic E-state index is 0.0146. The summed E-state index contributed by atoms with van der Waals surface area (Å²) in [5, 5.41) is 3.46. The van der Waals surface area contributed by atoms with Gasteiger partial charge in [0.1, 0.15) is 0 Å². The van der Waals surface area contributed by atoms with E-state index in [4.69, 9.17) is 10.5 Å². The van der Waals surface area contributed by atoms with Crippen molar-refractivity contribution in [3.8, 4) is 0 Å². The fourth-order valence-electron chi connectivity index (χ4n) is 2.20. The lowest BCUT2D eigenvalue weighted by Gasteiger charge is -2.25. The molecule has 0 bridgehead atoms. The third-order valence-corrected chi connectivity index (χ3v) is 4.55. The summed E-state index contributed by atoms with van der Waals surface area (Å²) in [5.74, 6) is -0.0146. The van der Waals surface area contributed by atoms with E-state index in [0.717, 1.165) is 16.6 Å². The topological polar surface area (TPSA) is 77.2 Å². The van der Waals surface area contributed by atoms with E-state index in [1.54, 1.807) is 0 Å². The van der Waals surface area contributed by atoms with Crippen molar-refractivity contribution in [3.63, 3.8) is 0 Å². The second-order valence-corrected chi connectivity index (χ2v) is 6.35. The van der Waals surface area contributed by atoms with Crippen LogP contribution in [0.1, 0.15) is 32.1 Å². The molecule has 3 rings (SSSR count). The van der Waals surface area contributed by atoms with Crippen molar-refractivity contribution in [2.45, 2.75) is 38.2 Å². The zero-order chi connectivity index (χ0) is 14.7. The molecule has 1 heterocycles. The van der Waals surface area contributed by atoms with Crippen molar-refractivity contribution in [1.82, 2.24) is 4.98 Å². The number of fused-ring (bicyclic) bond motifs is 1. The van der Waals surface area contributed by atoms with Crippen LogP contribution in [0, 0.1) is 0 Å². The van der Waals surface area contributed by atoms with Gasteiger partial charge in [-0.05, 0) is 43.9 Å². The molecule has 1 aromatic carbocycles. The third-order valence-electron chi connectivity index (χ3n) is 3.61. The highest BCUT2D eigenvalue weighted by Gasteiger charge is 2.17. The number of carbonyl (C=O) groups excluding carboxylic acids is 1. The van der Waals surface area contributed by atoms with E-state index in [2.05, 4.69) is 10.3 Å². The Bertz CT molecular complexity index is 637. The maximum atomic E-state index is 11.9. The first kappa shape index (κ1) is 14.3. The van der Waals surface area contributed by atoms with Crippen LogP contribution < -0.4 is 11.1 Å². The summed E-state index contributed by atoms with van der Waals surface area (Å²) in [6.07, 6.45) is 5.25. The predicted molar refractivity (Wildman–Crippen MR) is 85.5 cm³/mol. The van der Waals surface area contributed by atoms with Crippen LogP contribution in [-0.2, 0) is 9.53 Å². The summed E-state index contributed by atoms with van der Waals surface area (Å²) in [5.41, 5.74) is 7.30. The minimum Gasteiger partial charge on any atom is -0.399 e. The maximum absolute atomic E-state index is 11.9. The first-order valence-electron chi connectivity index (χ1n) is 7.28. The Labute approximate surface area is 127 Å². The van der Waals surface area contributed by atoms with Crippen molar-refractivity contribution in [2.24, 2.45) is 0 Å². The van der Waals surface area contributed by atoms with Crippen molar-refractivity contribution in [1.29, 1.82) is 0 Å². The SMILES string of the molecule is Nc1ccc2nc(NC(=O)CCCOC3CCC3)sc2c1. The molecule has 5 nitrogen and oxygen atoms in total. The van der Waals surface area contributed by atoms with Crippen LogP contribution in [0.2, 0.25) is 0 Å². The van der Waals surface area contributed by atoms with Crippen LogP contribution >= 0.6 is 11.3 Å². The van der Waals surface area contributed by atoms with Crippen molar-refractivity contribution < 1.29 is 9.53 Å². The van der Waals surface area contributed by atoms with Crippen LogP contribution in [0.5, 0.6) is 0 Å². The van der Waals surface area contributed by atoms with Gasteiger partial charge >= 0.3 is 0 Å². The van der Waals surface area contributed by atoms with Crippen LogP contribution in [0.3, 0.4) is 0 Å². The van der Waals surface area contributed by atoms with E-state index < -0.39 is 0 Å². The standard InChI is InChI=1S/C15H19N3O2S/c16-10-6-7-12-13(9-10)21-15(17-12)18-14(19)5-2-8-20-11-3-1-4-11/h6-7,9,11H,1-5,8,16H2,(H,17,18,19). The van der Waals surface area contributed by atoms with Gasteiger partial charge in [0.25, 0.3) is 0 Å². The summed E-state index contributed by atoms with van der Waals surface area (Å²) in [6, 6.07) is 5.55. The molecule has 112 valence electrons. The number of nitrogen functional groups attached to an aromatic ring is 1. The number of thiazole rings is 1. The Kier molecular flexibility index (Phi) is 4.36. The summed E-state index contributed by atoms with van der Waals surface area (Å²) in [6.45, 7) is 0.661. The monoisotopic (exact) mass is 305 g/mol. The highest BCUT2D eigenvalue weighted by molar-refractivity contribution is 7.22. The Morgan fingerprint density at radius 1 is 1.48 bits per heavy atom. The lowest BCUT2D eigenvalue weighted by Crippen LogP contribution is -2.22. The second-order valence-electron chi connectivity index (χ2n) is 5.32. The Morgan fingerprint density at radius 3 is 3.10 bits per heavy atom. The van der Waals surface area contributed by atoms with Gasteiger partial charge in [0.05, 0.1) is 16.3 Å². The molecule has 1 saturated carbocycles. The molecule has 0 unspecified atom stereocenters. The van der Waals surface area contributed by atoms with E-state index in [-0.39, 0.29) is 5.91 Å². The molecule has 0 saturated heterocycles. The Hall–Kier alpha value is -1.66. The predicted octanol–water partition coefficient (Wildman–Crippen LogP) is 3.17. The van der Waals surface area contributed by atoms with E-state index >= 15 is 0 Å². The average Bonchev–Trinajstić information content (AvgIpc) is 2.77. The van der Waals surface area contributed by atoms with E-state index in [1.807, 2.05) is 18.2 Å². The molecule has 21 heavy (non-hydrogen) atoms. The molecule has 3 N–H and O–H groups in total. The molecule has 6 heteroatoms. The number of benzene rings is 1. The van der Waals surface area contributed by atoms with Crippen LogP contribution in [0.25, 0.3) is 10.2 Å². The molecular weight excluding hydrogens is 286 g/mol. The number of ether oxygens (including phenoxy) is 1. The van der Waals surface area contributed by atoms with Gasteiger partial charge in [-0.3, -0.25) is 4.79 Å². The number of rotatable bonds is 6. The molecular formula is C15H19N3O2S. The summed E-state index contributed by atoms with van der Waals surface area (Å²) in [7, 11) is 0. The number of nitrogens with two attached hydrogens (primary N) is 1. The summed E-state index contributed by atoms with van der Waals surface area (Å²) >= 11 is 1.44. The number of nitrogens with one attached hydrogen (secondary N) is 1. The Morgan fingerprint density at radius 2 is 2.33 bits per heavy atom. The highest BCUT2D eigenvalue weighted by atomic mass is 32.1. The quantitative estimate of drug-likeness (QED) is 0.635. The number of hydrogen-bond donors (Lipinski definition) is 2. The van der Waals surface area contributed by atoms with Crippen LogP contribution in [0.4, 0.5) is 10.8 Å². The van der Waals surface area contributed by atoms with E-state index in [9.17, 15) is 4.79 Å². The minimum atomic E-state index is -0.0146. The number of hydrogen-bond acceptors (Lipinski definition) is 5. The van der Waals surface area contributed by atoms with Gasteiger partial charge < -0.3 is 15.8 Å². The largest absolute Gasteiger partial charge is 0.399 e. The molecule has 0 aliphatic heterocycles. The average molecular weight is 305 g/mol. The normalized spacial score (nSPS) is 15.0. The van der Waals surface area contributed by atoms with Gasteiger partial charge in [0.2, 0.25) is 5.91 Å². The first-order chi connectivity index (χ1) is 10.2. The smallest absolute Gasteiger partial charge is 0.226 e. The number of nitrogens with zero attached hydrogens (tertiary/aromatic N) is 1. The number of amides is 1. The first-order valence-corrected chi connectivity index (χ1v) is 8.10. The molecule has 2 aromatic rings. The van der Waals surface area contributed by atoms with Crippen molar-refractivity contribution in [2.75, 3.05) is 17.7 Å². The van der Waals surface area contributed by atoms with Crippen LogP contribution in [0.15, 0.2) is 18.2 Å². The van der Waals surface area contributed by atoms with Gasteiger partial charge in [-0.25, -0.2) is 4.98 Å². The summed E-state index contributed by atoms with van der Waals surface area (Å²) < 4.78 is 6.62. The Balaban J connectivity index is 1.46. The molecule has 1 amide bonds. The van der Waals surface area contributed by atoms with Gasteiger partial charge in [0.15, 0.2) is 5.13 Å². The fourth-order valence-corrected chi connectivity index (χ4v) is 3.13. The van der Waals surface area contributed by atoms with E-state index in [0.29, 0.717) is 30.0 Å². The number of aromatic nitrogens is 1. The van der Waals surface area contributed by atoms with Gasteiger partial charge in [-0.2, -0.15) is 0 Å². The van der Waals surface area contributed by atoms with Gasteiger partial charge in [-0.15, -0.1) is 0 Å². The van der Waals surface area contributed by atoms with Crippen molar-refractivity contribution in [3.05, 3.63) is 18.2 Å². The number of anilines is 2. The fraction of sp³-hybridized carbons (Fsp3) is 0.467. The zero-order valence-electron chi connectivity index (χ0n) is 11.8.